The number of anilines is 1. The summed E-state index contributed by atoms with van der Waals surface area (Å²) in [5.74, 6) is -0.734. The van der Waals surface area contributed by atoms with E-state index >= 15 is 0 Å². The van der Waals surface area contributed by atoms with Crippen molar-refractivity contribution >= 4 is 17.8 Å². The first kappa shape index (κ1) is 30.5. The van der Waals surface area contributed by atoms with Gasteiger partial charge in [-0.2, -0.15) is 0 Å². The second-order valence-corrected chi connectivity index (χ2v) is 10.5. The SMILES string of the molecule is O=C(O)CN(CCOc1ccccc1)C(=O)c1cnc(N2CCC[C@@H]2COc2ccccc2F)nc1CCc1ccccc1. The van der Waals surface area contributed by atoms with Gasteiger partial charge in [-0.05, 0) is 55.5 Å². The Morgan fingerprint density at radius 2 is 1.68 bits per heavy atom. The molecule has 4 aromatic rings. The molecule has 1 saturated heterocycles. The van der Waals surface area contributed by atoms with E-state index in [1.807, 2.05) is 53.4 Å². The maximum absolute atomic E-state index is 14.1. The van der Waals surface area contributed by atoms with Gasteiger partial charge >= 0.3 is 5.97 Å². The Morgan fingerprint density at radius 1 is 0.955 bits per heavy atom. The van der Waals surface area contributed by atoms with Crippen molar-refractivity contribution < 1.29 is 28.6 Å². The number of hydrogen-bond acceptors (Lipinski definition) is 7. The van der Waals surface area contributed by atoms with Crippen LogP contribution in [0.4, 0.5) is 10.3 Å². The van der Waals surface area contributed by atoms with E-state index < -0.39 is 24.2 Å². The number of aliphatic carboxylic acids is 1. The molecule has 2 heterocycles. The summed E-state index contributed by atoms with van der Waals surface area (Å²) in [6, 6.07) is 25.2. The van der Waals surface area contributed by atoms with Crippen LogP contribution < -0.4 is 14.4 Å². The molecule has 1 aromatic heterocycles. The van der Waals surface area contributed by atoms with Crippen LogP contribution in [0.25, 0.3) is 0 Å². The van der Waals surface area contributed by atoms with Gasteiger partial charge in [0.25, 0.3) is 5.91 Å². The van der Waals surface area contributed by atoms with Gasteiger partial charge in [-0.1, -0.05) is 60.7 Å². The van der Waals surface area contributed by atoms with E-state index in [2.05, 4.69) is 4.98 Å². The van der Waals surface area contributed by atoms with Crippen LogP contribution in [-0.2, 0) is 17.6 Å². The van der Waals surface area contributed by atoms with Crippen LogP contribution in [0.2, 0.25) is 0 Å². The number of aromatic nitrogens is 2. The third-order valence-corrected chi connectivity index (χ3v) is 7.47. The minimum absolute atomic E-state index is 0.0709. The highest BCUT2D eigenvalue weighted by Crippen LogP contribution is 2.26. The molecule has 3 aromatic carbocycles. The lowest BCUT2D eigenvalue weighted by Crippen LogP contribution is -2.39. The molecule has 9 nitrogen and oxygen atoms in total. The Morgan fingerprint density at radius 3 is 2.43 bits per heavy atom. The van der Waals surface area contributed by atoms with Crippen molar-refractivity contribution in [2.75, 3.05) is 37.7 Å². The largest absolute Gasteiger partial charge is 0.492 e. The number of nitrogens with zero attached hydrogens (tertiary/aromatic N) is 4. The third kappa shape index (κ3) is 8.09. The van der Waals surface area contributed by atoms with Crippen molar-refractivity contribution in [1.29, 1.82) is 0 Å². The summed E-state index contributed by atoms with van der Waals surface area (Å²) < 4.78 is 25.7. The van der Waals surface area contributed by atoms with Crippen LogP contribution in [0.15, 0.2) is 91.1 Å². The normalized spacial score (nSPS) is 14.3. The number of carbonyl (C=O) groups is 2. The molecular formula is C34H35FN4O5. The highest BCUT2D eigenvalue weighted by Gasteiger charge is 2.30. The van der Waals surface area contributed by atoms with Gasteiger partial charge in [-0.15, -0.1) is 0 Å². The average Bonchev–Trinajstić information content (AvgIpc) is 3.52. The molecule has 1 N–H and O–H groups in total. The van der Waals surface area contributed by atoms with Crippen molar-refractivity contribution in [2.45, 2.75) is 31.7 Å². The fourth-order valence-electron chi connectivity index (χ4n) is 5.22. The number of carboxylic acids is 1. The van der Waals surface area contributed by atoms with E-state index in [0.29, 0.717) is 36.8 Å². The van der Waals surface area contributed by atoms with Crippen LogP contribution in [0.1, 0.15) is 34.5 Å². The molecule has 1 atom stereocenters. The highest BCUT2D eigenvalue weighted by atomic mass is 19.1. The topological polar surface area (TPSA) is 105 Å². The first-order valence-corrected chi connectivity index (χ1v) is 14.7. The van der Waals surface area contributed by atoms with Gasteiger partial charge in [0.1, 0.15) is 25.5 Å². The molecule has 0 unspecified atom stereocenters. The number of ether oxygens (including phenoxy) is 2. The highest BCUT2D eigenvalue weighted by molar-refractivity contribution is 5.96. The Labute approximate surface area is 255 Å². The fraction of sp³-hybridized carbons (Fsp3) is 0.294. The molecule has 5 rings (SSSR count). The summed E-state index contributed by atoms with van der Waals surface area (Å²) in [5, 5.41) is 9.58. The summed E-state index contributed by atoms with van der Waals surface area (Å²) in [6.07, 6.45) is 4.29. The molecule has 44 heavy (non-hydrogen) atoms. The van der Waals surface area contributed by atoms with Crippen LogP contribution in [0, 0.1) is 5.82 Å². The van der Waals surface area contributed by atoms with Gasteiger partial charge in [0.15, 0.2) is 11.6 Å². The van der Waals surface area contributed by atoms with Gasteiger partial charge in [0, 0.05) is 12.7 Å². The van der Waals surface area contributed by atoms with Gasteiger partial charge in [-0.25, -0.2) is 14.4 Å². The van der Waals surface area contributed by atoms with Gasteiger partial charge in [-0.3, -0.25) is 9.59 Å². The molecule has 0 spiro atoms. The number of amides is 1. The summed E-state index contributed by atoms with van der Waals surface area (Å²) in [4.78, 5) is 38.2. The third-order valence-electron chi connectivity index (χ3n) is 7.47. The smallest absolute Gasteiger partial charge is 0.323 e. The van der Waals surface area contributed by atoms with E-state index in [1.54, 1.807) is 30.3 Å². The van der Waals surface area contributed by atoms with Crippen molar-refractivity contribution in [1.82, 2.24) is 14.9 Å². The lowest BCUT2D eigenvalue weighted by Gasteiger charge is -2.26. The maximum Gasteiger partial charge on any atom is 0.323 e. The molecule has 1 fully saturated rings. The molecule has 1 amide bonds. The second-order valence-electron chi connectivity index (χ2n) is 10.5. The van der Waals surface area contributed by atoms with Crippen LogP contribution in [-0.4, -0.2) is 70.7 Å². The predicted molar refractivity (Wildman–Crippen MR) is 164 cm³/mol. The monoisotopic (exact) mass is 598 g/mol. The van der Waals surface area contributed by atoms with Gasteiger partial charge in [0.05, 0.1) is 23.8 Å². The van der Waals surface area contributed by atoms with E-state index in [0.717, 1.165) is 18.4 Å². The molecule has 0 saturated carbocycles. The summed E-state index contributed by atoms with van der Waals surface area (Å²) >= 11 is 0. The van der Waals surface area contributed by atoms with E-state index in [-0.39, 0.29) is 37.1 Å². The standard InChI is InChI=1S/C34H35FN4O5/c35-29-15-7-8-16-31(29)44-24-26-12-9-19-39(26)34-36-22-28(30(37-34)18-17-25-10-3-1-4-11-25)33(42)38(23-32(40)41)20-21-43-27-13-5-2-6-14-27/h1-8,10-11,13-16,22,26H,9,12,17-21,23-24H2,(H,40,41)/t26-/m1/s1. The summed E-state index contributed by atoms with van der Waals surface area (Å²) in [7, 11) is 0. The molecule has 0 bridgehead atoms. The van der Waals surface area contributed by atoms with Crippen molar-refractivity contribution in [3.05, 3.63) is 114 Å². The van der Waals surface area contributed by atoms with Crippen LogP contribution in [0.3, 0.4) is 0 Å². The Balaban J connectivity index is 1.36. The average molecular weight is 599 g/mol. The quantitative estimate of drug-likeness (QED) is 0.215. The Bertz CT molecular complexity index is 1540. The van der Waals surface area contributed by atoms with Crippen LogP contribution >= 0.6 is 0 Å². The maximum atomic E-state index is 14.1. The number of rotatable bonds is 14. The number of carbonyl (C=O) groups excluding carboxylic acids is 1. The second kappa shape index (κ2) is 15.0. The van der Waals surface area contributed by atoms with Crippen molar-refractivity contribution in [3.63, 3.8) is 0 Å². The number of carboxylic acid groups (broad SMARTS) is 1. The minimum atomic E-state index is -1.13. The van der Waals surface area contributed by atoms with E-state index in [9.17, 15) is 19.1 Å². The van der Waals surface area contributed by atoms with Gasteiger partial charge < -0.3 is 24.4 Å². The number of benzene rings is 3. The lowest BCUT2D eigenvalue weighted by molar-refractivity contribution is -0.137. The molecule has 10 heteroatoms. The fourth-order valence-corrected chi connectivity index (χ4v) is 5.22. The zero-order valence-electron chi connectivity index (χ0n) is 24.3. The lowest BCUT2D eigenvalue weighted by atomic mass is 10.0. The summed E-state index contributed by atoms with van der Waals surface area (Å²) in [5.41, 5.74) is 1.87. The van der Waals surface area contributed by atoms with Crippen molar-refractivity contribution in [2.24, 2.45) is 0 Å². The van der Waals surface area contributed by atoms with E-state index in [1.165, 1.54) is 17.2 Å². The first-order chi connectivity index (χ1) is 21.5. The van der Waals surface area contributed by atoms with Crippen LogP contribution in [0.5, 0.6) is 11.5 Å². The molecular weight excluding hydrogens is 563 g/mol. The number of hydrogen-bond donors (Lipinski definition) is 1. The first-order valence-electron chi connectivity index (χ1n) is 14.7. The molecule has 0 radical (unpaired) electrons. The number of halogens is 1. The Hall–Kier alpha value is -4.99. The van der Waals surface area contributed by atoms with Gasteiger partial charge in [0.2, 0.25) is 5.95 Å². The van der Waals surface area contributed by atoms with E-state index in [4.69, 9.17) is 14.5 Å². The van der Waals surface area contributed by atoms with Crippen molar-refractivity contribution in [3.8, 4) is 11.5 Å². The molecule has 228 valence electrons. The number of aryl methyl sites for hydroxylation is 2. The zero-order valence-corrected chi connectivity index (χ0v) is 24.3. The predicted octanol–water partition coefficient (Wildman–Crippen LogP) is 5.05. The zero-order chi connectivity index (χ0) is 30.7. The molecule has 1 aliphatic heterocycles. The Kier molecular flexibility index (Phi) is 10.4. The molecule has 0 aliphatic carbocycles. The number of para-hydroxylation sites is 2. The summed E-state index contributed by atoms with van der Waals surface area (Å²) in [6.45, 7) is 0.662. The minimum Gasteiger partial charge on any atom is -0.492 e. The molecule has 1 aliphatic rings.